The van der Waals surface area contributed by atoms with Gasteiger partial charge in [-0.2, -0.15) is 0 Å². The second kappa shape index (κ2) is 6.53. The number of thioether (sulfide) groups is 1. The van der Waals surface area contributed by atoms with Gasteiger partial charge in [-0.3, -0.25) is 4.79 Å². The summed E-state index contributed by atoms with van der Waals surface area (Å²) in [6.45, 7) is 0. The van der Waals surface area contributed by atoms with Crippen molar-refractivity contribution in [3.8, 4) is 0 Å². The fourth-order valence-corrected chi connectivity index (χ4v) is 3.26. The molecular formula is C11H18N4O2S2. The minimum Gasteiger partial charge on any atom is -0.468 e. The molecule has 0 aromatic carbocycles. The van der Waals surface area contributed by atoms with E-state index in [2.05, 4.69) is 15.5 Å². The summed E-state index contributed by atoms with van der Waals surface area (Å²) < 4.78 is 5.69. The van der Waals surface area contributed by atoms with Crippen LogP contribution >= 0.6 is 23.1 Å². The van der Waals surface area contributed by atoms with Gasteiger partial charge in [0, 0.05) is 25.9 Å². The van der Waals surface area contributed by atoms with Crippen LogP contribution in [0.4, 0.5) is 5.13 Å². The van der Waals surface area contributed by atoms with E-state index in [4.69, 9.17) is 4.74 Å². The lowest BCUT2D eigenvalue weighted by Gasteiger charge is -2.14. The number of rotatable bonds is 7. The molecule has 6 nitrogen and oxygen atoms in total. The van der Waals surface area contributed by atoms with Crippen molar-refractivity contribution < 1.29 is 9.53 Å². The Morgan fingerprint density at radius 3 is 2.84 bits per heavy atom. The molecule has 1 heterocycles. The predicted octanol–water partition coefficient (Wildman–Crippen LogP) is 0.990. The van der Waals surface area contributed by atoms with Crippen molar-refractivity contribution in [2.45, 2.75) is 29.3 Å². The summed E-state index contributed by atoms with van der Waals surface area (Å²) in [5, 5.41) is 12.3. The molecule has 2 rings (SSSR count). The first-order valence-corrected chi connectivity index (χ1v) is 7.88. The molecule has 1 aliphatic rings. The number of aromatic nitrogens is 2. The fraction of sp³-hybridized carbons (Fsp3) is 0.727. The van der Waals surface area contributed by atoms with Gasteiger partial charge in [0.2, 0.25) is 5.13 Å². The molecule has 106 valence electrons. The van der Waals surface area contributed by atoms with Gasteiger partial charge in [-0.25, -0.2) is 0 Å². The number of nitrogens with one attached hydrogen (secondary N) is 1. The van der Waals surface area contributed by atoms with Crippen molar-refractivity contribution in [1.82, 2.24) is 15.5 Å². The molecule has 0 spiro atoms. The summed E-state index contributed by atoms with van der Waals surface area (Å²) in [6, 6.07) is 0.200. The number of methoxy groups -OCH3 is 1. The van der Waals surface area contributed by atoms with Gasteiger partial charge in [0.05, 0.1) is 7.11 Å². The van der Waals surface area contributed by atoms with Crippen molar-refractivity contribution in [1.29, 1.82) is 0 Å². The molecule has 1 aliphatic carbocycles. The Labute approximate surface area is 120 Å². The fourth-order valence-electron chi connectivity index (χ4n) is 1.46. The summed E-state index contributed by atoms with van der Waals surface area (Å²) in [5.74, 6) is 0.405. The van der Waals surface area contributed by atoms with Crippen LogP contribution in [0.1, 0.15) is 12.8 Å². The molecule has 0 aliphatic heterocycles. The highest BCUT2D eigenvalue weighted by atomic mass is 32.2. The van der Waals surface area contributed by atoms with Crippen molar-refractivity contribution in [2.24, 2.45) is 0 Å². The van der Waals surface area contributed by atoms with E-state index >= 15 is 0 Å². The minimum absolute atomic E-state index is 0.211. The maximum atomic E-state index is 11.7. The minimum atomic E-state index is -0.269. The number of ether oxygens (including phenoxy) is 1. The zero-order valence-corrected chi connectivity index (χ0v) is 12.9. The summed E-state index contributed by atoms with van der Waals surface area (Å²) >= 11 is 3.06. The predicted molar refractivity (Wildman–Crippen MR) is 76.9 cm³/mol. The van der Waals surface area contributed by atoms with Gasteiger partial charge in [0.25, 0.3) is 0 Å². The standard InChI is InChI=1S/C11H18N4O2S2/c1-15(2)10-13-14-11(19-10)18-6-8(9(16)17-3)12-7-4-5-7/h7-8,12H,4-6H2,1-3H3. The van der Waals surface area contributed by atoms with Crippen LogP contribution in [0.25, 0.3) is 0 Å². The molecule has 1 aromatic heterocycles. The maximum Gasteiger partial charge on any atom is 0.323 e. The molecule has 1 fully saturated rings. The smallest absolute Gasteiger partial charge is 0.323 e. The van der Waals surface area contributed by atoms with Crippen molar-refractivity contribution in [3.05, 3.63) is 0 Å². The first-order chi connectivity index (χ1) is 9.10. The Balaban J connectivity index is 1.87. The molecule has 0 bridgehead atoms. The van der Waals surface area contributed by atoms with Crippen molar-refractivity contribution >= 4 is 34.2 Å². The molecule has 8 heteroatoms. The third kappa shape index (κ3) is 4.32. The number of esters is 1. The lowest BCUT2D eigenvalue weighted by Crippen LogP contribution is -2.40. The van der Waals surface area contributed by atoms with Crippen LogP contribution < -0.4 is 10.2 Å². The quantitative estimate of drug-likeness (QED) is 0.595. The lowest BCUT2D eigenvalue weighted by atomic mass is 10.3. The van der Waals surface area contributed by atoms with Crippen LogP contribution in [0.3, 0.4) is 0 Å². The Morgan fingerprint density at radius 2 is 2.32 bits per heavy atom. The molecule has 0 amide bonds. The van der Waals surface area contributed by atoms with Gasteiger partial charge in [-0.15, -0.1) is 10.2 Å². The molecule has 0 saturated heterocycles. The number of anilines is 1. The van der Waals surface area contributed by atoms with E-state index in [-0.39, 0.29) is 12.0 Å². The molecule has 19 heavy (non-hydrogen) atoms. The number of carbonyl (C=O) groups excluding carboxylic acids is 1. The zero-order chi connectivity index (χ0) is 13.8. The first kappa shape index (κ1) is 14.5. The molecule has 1 N–H and O–H groups in total. The maximum absolute atomic E-state index is 11.7. The second-order valence-corrected chi connectivity index (χ2v) is 6.80. The van der Waals surface area contributed by atoms with E-state index < -0.39 is 0 Å². The average Bonchev–Trinajstić information content (AvgIpc) is 3.08. The van der Waals surface area contributed by atoms with Crippen LogP contribution in [0.2, 0.25) is 0 Å². The molecule has 1 atom stereocenters. The zero-order valence-electron chi connectivity index (χ0n) is 11.3. The van der Waals surface area contributed by atoms with E-state index in [0.717, 1.165) is 22.3 Å². The van der Waals surface area contributed by atoms with E-state index in [1.165, 1.54) is 30.2 Å². The van der Waals surface area contributed by atoms with Gasteiger partial charge in [-0.05, 0) is 12.8 Å². The van der Waals surface area contributed by atoms with Gasteiger partial charge in [0.15, 0.2) is 4.34 Å². The Kier molecular flexibility index (Phi) is 5.00. The largest absolute Gasteiger partial charge is 0.468 e. The lowest BCUT2D eigenvalue weighted by molar-refractivity contribution is -0.142. The third-order valence-corrected chi connectivity index (χ3v) is 4.97. The molecule has 0 radical (unpaired) electrons. The molecule has 1 unspecified atom stereocenters. The van der Waals surface area contributed by atoms with Crippen LogP contribution in [-0.4, -0.2) is 55.2 Å². The monoisotopic (exact) mass is 302 g/mol. The topological polar surface area (TPSA) is 67.3 Å². The van der Waals surface area contributed by atoms with Gasteiger partial charge in [-0.1, -0.05) is 23.1 Å². The van der Waals surface area contributed by atoms with E-state index in [0.29, 0.717) is 11.8 Å². The molecule has 1 aromatic rings. The number of carbonyl (C=O) groups is 1. The second-order valence-electron chi connectivity index (χ2n) is 4.57. The summed E-state index contributed by atoms with van der Waals surface area (Å²) in [5.41, 5.74) is 0. The Morgan fingerprint density at radius 1 is 1.58 bits per heavy atom. The van der Waals surface area contributed by atoms with E-state index in [1.54, 1.807) is 0 Å². The van der Waals surface area contributed by atoms with E-state index in [9.17, 15) is 4.79 Å². The van der Waals surface area contributed by atoms with E-state index in [1.807, 2.05) is 19.0 Å². The Hall–Kier alpha value is -0.860. The first-order valence-electron chi connectivity index (χ1n) is 6.07. The summed E-state index contributed by atoms with van der Waals surface area (Å²) in [4.78, 5) is 13.6. The third-order valence-electron chi connectivity index (χ3n) is 2.65. The molecule has 1 saturated carbocycles. The normalized spacial score (nSPS) is 16.2. The number of hydrogen-bond acceptors (Lipinski definition) is 8. The van der Waals surface area contributed by atoms with Crippen LogP contribution in [0, 0.1) is 0 Å². The van der Waals surface area contributed by atoms with Crippen LogP contribution in [-0.2, 0) is 9.53 Å². The highest BCUT2D eigenvalue weighted by Crippen LogP contribution is 2.28. The van der Waals surface area contributed by atoms with Gasteiger partial charge in [0.1, 0.15) is 6.04 Å². The highest BCUT2D eigenvalue weighted by Gasteiger charge is 2.29. The summed E-state index contributed by atoms with van der Waals surface area (Å²) in [6.07, 6.45) is 2.28. The van der Waals surface area contributed by atoms with Gasteiger partial charge < -0.3 is 15.0 Å². The highest BCUT2D eigenvalue weighted by molar-refractivity contribution is 8.01. The molecular weight excluding hydrogens is 284 g/mol. The Bertz CT molecular complexity index is 434. The van der Waals surface area contributed by atoms with Crippen molar-refractivity contribution in [2.75, 3.05) is 31.9 Å². The number of hydrogen-bond donors (Lipinski definition) is 1. The van der Waals surface area contributed by atoms with Crippen LogP contribution in [0.15, 0.2) is 4.34 Å². The SMILES string of the molecule is COC(=O)C(CSc1nnc(N(C)C)s1)NC1CC1. The average molecular weight is 302 g/mol. The van der Waals surface area contributed by atoms with Crippen molar-refractivity contribution in [3.63, 3.8) is 0 Å². The van der Waals surface area contributed by atoms with Gasteiger partial charge >= 0.3 is 5.97 Å². The summed E-state index contributed by atoms with van der Waals surface area (Å²) in [7, 11) is 5.28. The number of nitrogens with zero attached hydrogens (tertiary/aromatic N) is 3. The van der Waals surface area contributed by atoms with Crippen LogP contribution in [0.5, 0.6) is 0 Å².